The summed E-state index contributed by atoms with van der Waals surface area (Å²) in [6.45, 7) is 8.17. The van der Waals surface area contributed by atoms with Gasteiger partial charge in [0.2, 0.25) is 5.91 Å². The highest BCUT2D eigenvalue weighted by Gasteiger charge is 2.32. The van der Waals surface area contributed by atoms with Crippen LogP contribution < -0.4 is 4.74 Å². The third kappa shape index (κ3) is 3.74. The molecule has 2 aromatic carbocycles. The highest BCUT2D eigenvalue weighted by molar-refractivity contribution is 5.78. The molecule has 5 heteroatoms. The number of amides is 1. The van der Waals surface area contributed by atoms with Gasteiger partial charge in [0.15, 0.2) is 0 Å². The molecule has 2 heterocycles. The predicted octanol–water partition coefficient (Wildman–Crippen LogP) is 4.81. The largest absolute Gasteiger partial charge is 0.491 e. The van der Waals surface area contributed by atoms with Crippen molar-refractivity contribution in [2.75, 3.05) is 13.2 Å². The van der Waals surface area contributed by atoms with Gasteiger partial charge in [-0.15, -0.1) is 0 Å². The molecule has 0 radical (unpaired) electrons. The average molecular weight is 392 g/mol. The van der Waals surface area contributed by atoms with Gasteiger partial charge in [-0.1, -0.05) is 37.3 Å². The Hall–Kier alpha value is -2.82. The predicted molar refractivity (Wildman–Crippen MR) is 115 cm³/mol. The second-order valence-electron chi connectivity index (χ2n) is 7.78. The first kappa shape index (κ1) is 19.5. The van der Waals surface area contributed by atoms with E-state index in [0.29, 0.717) is 19.6 Å². The van der Waals surface area contributed by atoms with Crippen LogP contribution in [0, 0.1) is 13.8 Å². The van der Waals surface area contributed by atoms with Crippen molar-refractivity contribution in [2.24, 2.45) is 0 Å². The number of rotatable bonds is 6. The molecule has 1 fully saturated rings. The molecular weight excluding hydrogens is 362 g/mol. The van der Waals surface area contributed by atoms with Crippen LogP contribution in [-0.4, -0.2) is 33.5 Å². The van der Waals surface area contributed by atoms with E-state index in [1.165, 1.54) is 0 Å². The molecule has 0 N–H and O–H groups in total. The highest BCUT2D eigenvalue weighted by atomic mass is 16.5. The number of aryl methyl sites for hydroxylation is 2. The van der Waals surface area contributed by atoms with Gasteiger partial charge in [0, 0.05) is 13.0 Å². The number of hydrogen-bond donors (Lipinski definition) is 0. The first-order valence-corrected chi connectivity index (χ1v) is 10.5. The molecule has 1 aromatic heterocycles. The van der Waals surface area contributed by atoms with Crippen LogP contribution in [0.3, 0.4) is 0 Å². The SMILES string of the molecule is CCC(=O)N1CCCC1c1nc2ccccc2n1CCOc1c(C)cccc1C. The minimum atomic E-state index is 0.0510. The minimum absolute atomic E-state index is 0.0510. The van der Waals surface area contributed by atoms with Crippen LogP contribution in [0.15, 0.2) is 42.5 Å². The number of hydrogen-bond acceptors (Lipinski definition) is 3. The standard InChI is InChI=1S/C24H29N3O2/c1-4-22(28)26-14-8-13-21(26)24-25-19-11-5-6-12-20(19)27(24)15-16-29-23-17(2)9-7-10-18(23)3/h5-7,9-12,21H,4,8,13-16H2,1-3H3. The van der Waals surface area contributed by atoms with Crippen LogP contribution in [0.25, 0.3) is 11.0 Å². The maximum absolute atomic E-state index is 12.5. The van der Waals surface area contributed by atoms with Gasteiger partial charge < -0.3 is 14.2 Å². The van der Waals surface area contributed by atoms with Crippen molar-refractivity contribution in [3.63, 3.8) is 0 Å². The summed E-state index contributed by atoms with van der Waals surface area (Å²) < 4.78 is 8.42. The number of fused-ring (bicyclic) bond motifs is 1. The zero-order valence-corrected chi connectivity index (χ0v) is 17.5. The average Bonchev–Trinajstić information content (AvgIpc) is 3.34. The summed E-state index contributed by atoms with van der Waals surface area (Å²) in [5.74, 6) is 2.15. The van der Waals surface area contributed by atoms with Crippen LogP contribution in [-0.2, 0) is 11.3 Å². The van der Waals surface area contributed by atoms with Gasteiger partial charge in [0.25, 0.3) is 0 Å². The van der Waals surface area contributed by atoms with Crippen LogP contribution in [0.2, 0.25) is 0 Å². The maximum Gasteiger partial charge on any atom is 0.222 e. The summed E-state index contributed by atoms with van der Waals surface area (Å²) in [4.78, 5) is 19.4. The van der Waals surface area contributed by atoms with Gasteiger partial charge in [-0.3, -0.25) is 4.79 Å². The summed E-state index contributed by atoms with van der Waals surface area (Å²) in [7, 11) is 0. The minimum Gasteiger partial charge on any atom is -0.491 e. The molecule has 5 nitrogen and oxygen atoms in total. The number of carbonyl (C=O) groups is 1. The van der Waals surface area contributed by atoms with Gasteiger partial charge in [-0.25, -0.2) is 4.98 Å². The summed E-state index contributed by atoms with van der Waals surface area (Å²) in [5.41, 5.74) is 4.38. The Morgan fingerprint density at radius 3 is 2.66 bits per heavy atom. The highest BCUT2D eigenvalue weighted by Crippen LogP contribution is 2.34. The van der Waals surface area contributed by atoms with Crippen molar-refractivity contribution >= 4 is 16.9 Å². The van der Waals surface area contributed by atoms with Crippen LogP contribution >= 0.6 is 0 Å². The second-order valence-corrected chi connectivity index (χ2v) is 7.78. The van der Waals surface area contributed by atoms with E-state index < -0.39 is 0 Å². The van der Waals surface area contributed by atoms with Gasteiger partial charge in [-0.2, -0.15) is 0 Å². The molecule has 0 spiro atoms. The maximum atomic E-state index is 12.5. The van der Waals surface area contributed by atoms with Gasteiger partial charge in [0.1, 0.15) is 18.2 Å². The number of para-hydroxylation sites is 3. The lowest BCUT2D eigenvalue weighted by atomic mass is 10.1. The molecule has 1 amide bonds. The summed E-state index contributed by atoms with van der Waals surface area (Å²) in [6, 6.07) is 14.5. The number of nitrogens with zero attached hydrogens (tertiary/aromatic N) is 3. The summed E-state index contributed by atoms with van der Waals surface area (Å²) >= 11 is 0. The zero-order valence-electron chi connectivity index (χ0n) is 17.5. The molecule has 3 aromatic rings. The number of carbonyl (C=O) groups excluding carboxylic acids is 1. The van der Waals surface area contributed by atoms with E-state index >= 15 is 0 Å². The van der Waals surface area contributed by atoms with Gasteiger partial charge in [-0.05, 0) is 49.9 Å². The van der Waals surface area contributed by atoms with Crippen LogP contribution in [0.1, 0.15) is 49.2 Å². The van der Waals surface area contributed by atoms with E-state index in [-0.39, 0.29) is 11.9 Å². The first-order valence-electron chi connectivity index (χ1n) is 10.5. The van der Waals surface area contributed by atoms with E-state index in [1.54, 1.807) is 0 Å². The second kappa shape index (κ2) is 8.27. The van der Waals surface area contributed by atoms with E-state index in [0.717, 1.165) is 53.1 Å². The quantitative estimate of drug-likeness (QED) is 0.606. The number of benzene rings is 2. The monoisotopic (exact) mass is 391 g/mol. The van der Waals surface area contributed by atoms with E-state index in [2.05, 4.69) is 42.7 Å². The third-order valence-corrected chi connectivity index (χ3v) is 5.83. The Bertz CT molecular complexity index is 1000. The molecule has 0 bridgehead atoms. The number of ether oxygens (including phenoxy) is 1. The molecule has 1 aliphatic rings. The normalized spacial score (nSPS) is 16.5. The van der Waals surface area contributed by atoms with E-state index in [4.69, 9.17) is 9.72 Å². The molecule has 1 saturated heterocycles. The van der Waals surface area contributed by atoms with E-state index in [1.807, 2.05) is 30.0 Å². The molecule has 152 valence electrons. The van der Waals surface area contributed by atoms with Gasteiger partial charge in [0.05, 0.1) is 23.6 Å². The summed E-state index contributed by atoms with van der Waals surface area (Å²) in [5, 5.41) is 0. The molecule has 0 saturated carbocycles. The first-order chi connectivity index (χ1) is 14.1. The van der Waals surface area contributed by atoms with Crippen molar-refractivity contribution < 1.29 is 9.53 Å². The molecule has 29 heavy (non-hydrogen) atoms. The van der Waals surface area contributed by atoms with Crippen LogP contribution in [0.5, 0.6) is 5.75 Å². The lowest BCUT2D eigenvalue weighted by Gasteiger charge is -2.25. The summed E-state index contributed by atoms with van der Waals surface area (Å²) in [6.07, 6.45) is 2.53. The van der Waals surface area contributed by atoms with Crippen molar-refractivity contribution in [3.8, 4) is 5.75 Å². The lowest BCUT2D eigenvalue weighted by Crippen LogP contribution is -2.31. The molecule has 4 rings (SSSR count). The molecular formula is C24H29N3O2. The Balaban J connectivity index is 1.63. The van der Waals surface area contributed by atoms with Crippen molar-refractivity contribution in [2.45, 2.75) is 52.6 Å². The van der Waals surface area contributed by atoms with E-state index in [9.17, 15) is 4.79 Å². The van der Waals surface area contributed by atoms with Crippen LogP contribution in [0.4, 0.5) is 0 Å². The fourth-order valence-corrected chi connectivity index (χ4v) is 4.39. The third-order valence-electron chi connectivity index (χ3n) is 5.83. The van der Waals surface area contributed by atoms with Gasteiger partial charge >= 0.3 is 0 Å². The molecule has 0 aliphatic carbocycles. The number of aromatic nitrogens is 2. The molecule has 1 aliphatic heterocycles. The Morgan fingerprint density at radius 1 is 1.14 bits per heavy atom. The fraction of sp³-hybridized carbons (Fsp3) is 0.417. The smallest absolute Gasteiger partial charge is 0.222 e. The van der Waals surface area contributed by atoms with Crippen molar-refractivity contribution in [1.82, 2.24) is 14.5 Å². The Kier molecular flexibility index (Phi) is 5.56. The lowest BCUT2D eigenvalue weighted by molar-refractivity contribution is -0.131. The van der Waals surface area contributed by atoms with Crippen molar-refractivity contribution in [3.05, 3.63) is 59.4 Å². The number of imidazole rings is 1. The molecule has 1 atom stereocenters. The Labute approximate surface area is 172 Å². The zero-order chi connectivity index (χ0) is 20.4. The number of likely N-dealkylation sites (tertiary alicyclic amines) is 1. The van der Waals surface area contributed by atoms with Crippen molar-refractivity contribution in [1.29, 1.82) is 0 Å². The topological polar surface area (TPSA) is 47.4 Å². The molecule has 1 unspecified atom stereocenters. The Morgan fingerprint density at radius 2 is 1.90 bits per heavy atom. The fourth-order valence-electron chi connectivity index (χ4n) is 4.39.